The summed E-state index contributed by atoms with van der Waals surface area (Å²) < 4.78 is 0. The topological polar surface area (TPSA) is 23.1 Å². The molecule has 0 unspecified atom stereocenters. The van der Waals surface area contributed by atoms with Crippen molar-refractivity contribution in [2.45, 2.75) is 43.8 Å². The first kappa shape index (κ1) is 19.3. The fourth-order valence-electron chi connectivity index (χ4n) is 2.58. The molecule has 1 aromatic rings. The second-order valence-corrected chi connectivity index (χ2v) is 6.85. The van der Waals surface area contributed by atoms with Crippen LogP contribution in [0.15, 0.2) is 66.0 Å². The van der Waals surface area contributed by atoms with Crippen LogP contribution in [-0.2, 0) is 17.1 Å². The summed E-state index contributed by atoms with van der Waals surface area (Å²) in [5.74, 6) is 1.29. The summed E-state index contributed by atoms with van der Waals surface area (Å²) >= 11 is 2.00. The van der Waals surface area contributed by atoms with E-state index in [1.54, 1.807) is 0 Å². The zero-order valence-electron chi connectivity index (χ0n) is 12.9. The summed E-state index contributed by atoms with van der Waals surface area (Å²) in [5.41, 5.74) is 0.879. The Hall–Kier alpha value is -0.761. The molecule has 3 heteroatoms. The van der Waals surface area contributed by atoms with Gasteiger partial charge >= 0.3 is 17.1 Å². The van der Waals surface area contributed by atoms with Gasteiger partial charge in [0.1, 0.15) is 0 Å². The summed E-state index contributed by atoms with van der Waals surface area (Å²) in [6, 6.07) is 10.0. The first-order chi connectivity index (χ1) is 10.4. The van der Waals surface area contributed by atoms with Gasteiger partial charge in [0.05, 0.1) is 0 Å². The van der Waals surface area contributed by atoms with Gasteiger partial charge in [-0.15, -0.1) is 5.76 Å². The van der Waals surface area contributed by atoms with E-state index in [0.717, 1.165) is 16.6 Å². The second kappa shape index (κ2) is 11.8. The number of thioether (sulfide) groups is 1. The van der Waals surface area contributed by atoms with Crippen molar-refractivity contribution in [3.8, 4) is 0 Å². The summed E-state index contributed by atoms with van der Waals surface area (Å²) in [5, 5.41) is 12.6. The third kappa shape index (κ3) is 7.49. The van der Waals surface area contributed by atoms with E-state index in [1.165, 1.54) is 32.1 Å². The maximum atomic E-state index is 11.7. The van der Waals surface area contributed by atoms with Crippen LogP contribution in [0.4, 0.5) is 0 Å². The minimum absolute atomic E-state index is 0. The normalized spacial score (nSPS) is 16.8. The van der Waals surface area contributed by atoms with Crippen LogP contribution in [0.2, 0.25) is 0 Å². The minimum Gasteiger partial charge on any atom is -0.875 e. The number of rotatable bonds is 4. The van der Waals surface area contributed by atoms with Gasteiger partial charge < -0.3 is 5.11 Å². The van der Waals surface area contributed by atoms with E-state index in [4.69, 9.17) is 0 Å². The zero-order chi connectivity index (χ0) is 14.8. The average molecular weight is 356 g/mol. The molecule has 0 spiro atoms. The monoisotopic (exact) mass is 356 g/mol. The maximum Gasteiger partial charge on any atom is 2.00 e. The minimum atomic E-state index is 0. The predicted molar refractivity (Wildman–Crippen MR) is 91.3 cm³/mol. The Balaban J connectivity index is 0.000000344. The molecule has 2 aliphatic carbocycles. The molecule has 0 saturated heterocycles. The molecule has 0 heterocycles. The summed E-state index contributed by atoms with van der Waals surface area (Å²) in [6.07, 6.45) is 15.3. The van der Waals surface area contributed by atoms with Crippen LogP contribution in [0.5, 0.6) is 0 Å². The van der Waals surface area contributed by atoms with E-state index in [-0.39, 0.29) is 17.1 Å². The molecule has 0 aromatic heterocycles. The summed E-state index contributed by atoms with van der Waals surface area (Å²) in [6.45, 7) is 0. The van der Waals surface area contributed by atoms with Crippen LogP contribution in [-0.4, -0.2) is 11.0 Å². The van der Waals surface area contributed by atoms with Crippen LogP contribution in [0.1, 0.15) is 38.5 Å². The van der Waals surface area contributed by atoms with Crippen LogP contribution < -0.4 is 5.11 Å². The Morgan fingerprint density at radius 3 is 2.27 bits per heavy atom. The van der Waals surface area contributed by atoms with Crippen molar-refractivity contribution in [1.29, 1.82) is 0 Å². The van der Waals surface area contributed by atoms with Crippen LogP contribution in [0, 0.1) is 0 Å². The van der Waals surface area contributed by atoms with Gasteiger partial charge in [0.25, 0.3) is 0 Å². The van der Waals surface area contributed by atoms with E-state index < -0.39 is 0 Å². The molecule has 0 radical (unpaired) electrons. The van der Waals surface area contributed by atoms with Crippen molar-refractivity contribution in [3.63, 3.8) is 0 Å². The number of hydrogen-bond donors (Lipinski definition) is 0. The van der Waals surface area contributed by atoms with Crippen molar-refractivity contribution in [3.05, 3.63) is 66.0 Å². The quantitative estimate of drug-likeness (QED) is 0.448. The fraction of sp³-hybridized carbons (Fsp3) is 0.421. The first-order valence-electron chi connectivity index (χ1n) is 7.89. The van der Waals surface area contributed by atoms with Crippen LogP contribution in [0.25, 0.3) is 0 Å². The molecular formula is C19H24FeOS. The van der Waals surface area contributed by atoms with E-state index in [9.17, 15) is 5.11 Å². The van der Waals surface area contributed by atoms with Crippen molar-refractivity contribution >= 4 is 11.8 Å². The Labute approximate surface area is 149 Å². The predicted octanol–water partition coefficient (Wildman–Crippen LogP) is 4.59. The molecule has 22 heavy (non-hydrogen) atoms. The van der Waals surface area contributed by atoms with Gasteiger partial charge in [-0.3, -0.25) is 0 Å². The Kier molecular flexibility index (Phi) is 10.3. The van der Waals surface area contributed by atoms with E-state index >= 15 is 0 Å². The average Bonchev–Trinajstić information content (AvgIpc) is 3.24. The molecule has 0 N–H and O–H groups in total. The SMILES string of the molecule is [Fe+2].[O-]C(CCSC1CCCCC1)=C1C=CC=C1.c1cc[cH-]c1. The molecule has 1 saturated carbocycles. The molecule has 0 atom stereocenters. The molecule has 1 fully saturated rings. The van der Waals surface area contributed by atoms with E-state index in [0.29, 0.717) is 12.2 Å². The van der Waals surface area contributed by atoms with Gasteiger partial charge in [-0.1, -0.05) is 43.6 Å². The molecule has 2 aliphatic rings. The van der Waals surface area contributed by atoms with Gasteiger partial charge in [-0.05, 0) is 30.6 Å². The molecule has 3 rings (SSSR count). The van der Waals surface area contributed by atoms with Gasteiger partial charge in [-0.25, -0.2) is 12.1 Å². The second-order valence-electron chi connectivity index (χ2n) is 5.44. The molecule has 1 nitrogen and oxygen atoms in total. The molecule has 0 aliphatic heterocycles. The van der Waals surface area contributed by atoms with Gasteiger partial charge in [0.15, 0.2) is 0 Å². The summed E-state index contributed by atoms with van der Waals surface area (Å²) in [7, 11) is 0. The third-order valence-corrected chi connectivity index (χ3v) is 5.16. The van der Waals surface area contributed by atoms with Gasteiger partial charge in [-0.2, -0.15) is 30.0 Å². The largest absolute Gasteiger partial charge is 2.00 e. The van der Waals surface area contributed by atoms with Crippen molar-refractivity contribution < 1.29 is 22.2 Å². The number of allylic oxidation sites excluding steroid dienone is 6. The van der Waals surface area contributed by atoms with E-state index in [2.05, 4.69) is 0 Å². The Morgan fingerprint density at radius 1 is 1.09 bits per heavy atom. The third-order valence-electron chi connectivity index (χ3n) is 3.78. The summed E-state index contributed by atoms with van der Waals surface area (Å²) in [4.78, 5) is 0. The van der Waals surface area contributed by atoms with Crippen LogP contribution >= 0.6 is 11.8 Å². The maximum absolute atomic E-state index is 11.7. The van der Waals surface area contributed by atoms with Gasteiger partial charge in [0, 0.05) is 5.25 Å². The Morgan fingerprint density at radius 2 is 1.73 bits per heavy atom. The number of hydrogen-bond acceptors (Lipinski definition) is 2. The van der Waals surface area contributed by atoms with Crippen LogP contribution in [0.3, 0.4) is 0 Å². The fourth-order valence-corrected chi connectivity index (χ4v) is 3.88. The van der Waals surface area contributed by atoms with Crippen molar-refractivity contribution in [2.75, 3.05) is 5.75 Å². The molecule has 120 valence electrons. The standard InChI is InChI=1S/C14H20OS.C5H5.Fe/c15-14(12-6-4-5-7-12)10-11-16-13-8-2-1-3-9-13;1-2-4-5-3-1;/h4-7,13,15H,1-3,8-11H2;1-5H;/q;-1;+2/p-1. The van der Waals surface area contributed by atoms with E-state index in [1.807, 2.05) is 66.4 Å². The van der Waals surface area contributed by atoms with Crippen molar-refractivity contribution in [1.82, 2.24) is 0 Å². The smallest absolute Gasteiger partial charge is 0.875 e. The molecule has 0 amide bonds. The first-order valence-corrected chi connectivity index (χ1v) is 8.94. The molecular weight excluding hydrogens is 332 g/mol. The van der Waals surface area contributed by atoms with Gasteiger partial charge in [0.2, 0.25) is 0 Å². The molecule has 0 bridgehead atoms. The van der Waals surface area contributed by atoms with Crippen molar-refractivity contribution in [2.24, 2.45) is 0 Å². The zero-order valence-corrected chi connectivity index (χ0v) is 14.8. The molecule has 1 aromatic carbocycles. The Bertz CT molecular complexity index is 436.